The predicted octanol–water partition coefficient (Wildman–Crippen LogP) is 1.02. The first-order chi connectivity index (χ1) is 6.63. The minimum atomic E-state index is -0.888. The fourth-order valence-corrected chi connectivity index (χ4v) is 1.19. The van der Waals surface area contributed by atoms with Crippen LogP contribution in [0.15, 0.2) is 24.3 Å². The number of phenolic OH excluding ortho intramolecular Hbond substituents is 1. The molecule has 0 aliphatic heterocycles. The maximum atomic E-state index is 10.7. The molecule has 0 aromatic heterocycles. The number of nitrogens with two attached hydrogens (primary N) is 1. The molecule has 15 heavy (non-hydrogen) atoms. The van der Waals surface area contributed by atoms with Crippen molar-refractivity contribution >= 4 is 18.4 Å². The van der Waals surface area contributed by atoms with E-state index in [0.29, 0.717) is 6.42 Å². The molecular weight excluding hydrogens is 218 g/mol. The summed E-state index contributed by atoms with van der Waals surface area (Å²) in [6.45, 7) is 0.121. The first-order valence-corrected chi connectivity index (χ1v) is 4.34. The molecule has 0 saturated carbocycles. The first-order valence-electron chi connectivity index (χ1n) is 4.34. The van der Waals surface area contributed by atoms with Crippen molar-refractivity contribution in [3.8, 4) is 5.75 Å². The first kappa shape index (κ1) is 13.7. The molecule has 1 aromatic carbocycles. The number of aromatic hydroxyl groups is 1. The van der Waals surface area contributed by atoms with E-state index in [4.69, 9.17) is 15.9 Å². The lowest BCUT2D eigenvalue weighted by Gasteiger charge is -2.09. The zero-order chi connectivity index (χ0) is 10.6. The Balaban J connectivity index is 0.00000196. The molecule has 0 amide bonds. The number of carbonyl (C=O) groups is 1. The summed E-state index contributed by atoms with van der Waals surface area (Å²) in [6, 6.07) is 6.46. The largest absolute Gasteiger partial charge is 0.508 e. The molecule has 0 unspecified atom stereocenters. The zero-order valence-corrected chi connectivity index (χ0v) is 8.91. The fraction of sp³-hybridized carbons (Fsp3) is 0.300. The fourth-order valence-electron chi connectivity index (χ4n) is 1.19. The van der Waals surface area contributed by atoms with Crippen molar-refractivity contribution < 1.29 is 15.0 Å². The molecule has 1 aromatic rings. The molecule has 0 saturated heterocycles. The summed E-state index contributed by atoms with van der Waals surface area (Å²) in [7, 11) is 0. The maximum Gasteiger partial charge on any atom is 0.308 e. The highest BCUT2D eigenvalue weighted by molar-refractivity contribution is 5.85. The Labute approximate surface area is 94.1 Å². The predicted molar refractivity (Wildman–Crippen MR) is 59.2 cm³/mol. The van der Waals surface area contributed by atoms with E-state index in [9.17, 15) is 4.79 Å². The van der Waals surface area contributed by atoms with Gasteiger partial charge in [-0.2, -0.15) is 0 Å². The second kappa shape index (κ2) is 6.27. The zero-order valence-electron chi connectivity index (χ0n) is 8.09. The van der Waals surface area contributed by atoms with Crippen LogP contribution in [0.3, 0.4) is 0 Å². The highest BCUT2D eigenvalue weighted by atomic mass is 35.5. The van der Waals surface area contributed by atoms with E-state index in [2.05, 4.69) is 0 Å². The number of phenols is 1. The van der Waals surface area contributed by atoms with E-state index >= 15 is 0 Å². The number of rotatable bonds is 4. The summed E-state index contributed by atoms with van der Waals surface area (Å²) in [5.74, 6) is -1.27. The van der Waals surface area contributed by atoms with Crippen LogP contribution in [0, 0.1) is 5.92 Å². The highest BCUT2D eigenvalue weighted by Gasteiger charge is 2.15. The van der Waals surface area contributed by atoms with E-state index in [1.165, 1.54) is 12.1 Å². The third kappa shape index (κ3) is 4.18. The Hall–Kier alpha value is -1.26. The van der Waals surface area contributed by atoms with E-state index in [1.807, 2.05) is 0 Å². The summed E-state index contributed by atoms with van der Waals surface area (Å²) in [6.07, 6.45) is 0.395. The van der Waals surface area contributed by atoms with Crippen LogP contribution in [0.25, 0.3) is 0 Å². The molecule has 0 radical (unpaired) electrons. The number of hydrogen-bond acceptors (Lipinski definition) is 3. The second-order valence-corrected chi connectivity index (χ2v) is 3.14. The van der Waals surface area contributed by atoms with Gasteiger partial charge in [-0.05, 0) is 24.1 Å². The Morgan fingerprint density at radius 1 is 1.33 bits per heavy atom. The Bertz CT molecular complexity index is 313. The van der Waals surface area contributed by atoms with Gasteiger partial charge in [-0.25, -0.2) is 0 Å². The quantitative estimate of drug-likeness (QED) is 0.722. The molecule has 84 valence electrons. The van der Waals surface area contributed by atoms with Crippen LogP contribution in [0.1, 0.15) is 5.56 Å². The van der Waals surface area contributed by atoms with Crippen molar-refractivity contribution in [2.75, 3.05) is 6.54 Å². The van der Waals surface area contributed by atoms with Gasteiger partial charge in [0.15, 0.2) is 0 Å². The molecule has 0 fully saturated rings. The Morgan fingerprint density at radius 2 is 1.87 bits per heavy atom. The van der Waals surface area contributed by atoms with Crippen LogP contribution in [0.4, 0.5) is 0 Å². The summed E-state index contributed by atoms with van der Waals surface area (Å²) in [5, 5.41) is 17.8. The van der Waals surface area contributed by atoms with Gasteiger partial charge < -0.3 is 15.9 Å². The smallest absolute Gasteiger partial charge is 0.308 e. The number of aliphatic carboxylic acids is 1. The monoisotopic (exact) mass is 231 g/mol. The van der Waals surface area contributed by atoms with Crippen LogP contribution < -0.4 is 5.73 Å². The minimum absolute atomic E-state index is 0. The third-order valence-electron chi connectivity index (χ3n) is 2.05. The molecule has 0 bridgehead atoms. The molecule has 0 aliphatic rings. The average Bonchev–Trinajstić information content (AvgIpc) is 2.16. The molecule has 4 nitrogen and oxygen atoms in total. The van der Waals surface area contributed by atoms with Gasteiger partial charge in [0.05, 0.1) is 5.92 Å². The van der Waals surface area contributed by atoms with E-state index in [-0.39, 0.29) is 24.7 Å². The lowest BCUT2D eigenvalue weighted by Crippen LogP contribution is -2.25. The second-order valence-electron chi connectivity index (χ2n) is 3.14. The van der Waals surface area contributed by atoms with E-state index in [1.54, 1.807) is 12.1 Å². The Kier molecular flexibility index (Phi) is 5.74. The van der Waals surface area contributed by atoms with Crippen LogP contribution in [-0.2, 0) is 11.2 Å². The normalized spacial score (nSPS) is 11.5. The molecule has 1 atom stereocenters. The maximum absolute atomic E-state index is 10.7. The van der Waals surface area contributed by atoms with Crippen molar-refractivity contribution in [1.29, 1.82) is 0 Å². The van der Waals surface area contributed by atoms with Gasteiger partial charge in [0.2, 0.25) is 0 Å². The van der Waals surface area contributed by atoms with Gasteiger partial charge in [0.25, 0.3) is 0 Å². The van der Waals surface area contributed by atoms with Crippen molar-refractivity contribution in [3.63, 3.8) is 0 Å². The summed E-state index contributed by atoms with van der Waals surface area (Å²) in [4.78, 5) is 10.7. The highest BCUT2D eigenvalue weighted by Crippen LogP contribution is 2.13. The van der Waals surface area contributed by atoms with E-state index < -0.39 is 11.9 Å². The van der Waals surface area contributed by atoms with Gasteiger partial charge >= 0.3 is 5.97 Å². The number of carboxylic acids is 1. The molecule has 0 aliphatic carbocycles. The molecule has 5 heteroatoms. The molecule has 1 rings (SSSR count). The lowest BCUT2D eigenvalue weighted by molar-refractivity contribution is -0.141. The standard InChI is InChI=1S/C10H13NO3.ClH/c11-6-8(10(13)14)5-7-1-3-9(12)4-2-7;/h1-4,8,12H,5-6,11H2,(H,13,14);1H/t8-;/m0./s1. The number of hydrogen-bond donors (Lipinski definition) is 3. The molecule has 0 heterocycles. The number of benzene rings is 1. The summed E-state index contributed by atoms with van der Waals surface area (Å²) >= 11 is 0. The molecule has 0 spiro atoms. The SMILES string of the molecule is Cl.NC[C@H](Cc1ccc(O)cc1)C(=O)O. The topological polar surface area (TPSA) is 83.5 Å². The Morgan fingerprint density at radius 3 is 2.27 bits per heavy atom. The van der Waals surface area contributed by atoms with Crippen molar-refractivity contribution in [2.45, 2.75) is 6.42 Å². The van der Waals surface area contributed by atoms with Crippen LogP contribution in [0.2, 0.25) is 0 Å². The van der Waals surface area contributed by atoms with Crippen molar-refractivity contribution in [2.24, 2.45) is 11.7 Å². The summed E-state index contributed by atoms with van der Waals surface area (Å²) in [5.41, 5.74) is 6.18. The van der Waals surface area contributed by atoms with Crippen LogP contribution in [-0.4, -0.2) is 22.7 Å². The van der Waals surface area contributed by atoms with Crippen molar-refractivity contribution in [1.82, 2.24) is 0 Å². The van der Waals surface area contributed by atoms with Gasteiger partial charge in [0.1, 0.15) is 5.75 Å². The van der Waals surface area contributed by atoms with Gasteiger partial charge in [0, 0.05) is 6.54 Å². The lowest BCUT2D eigenvalue weighted by atomic mass is 10.00. The molecular formula is C10H14ClNO3. The molecule has 4 N–H and O–H groups in total. The summed E-state index contributed by atoms with van der Waals surface area (Å²) < 4.78 is 0. The number of halogens is 1. The average molecular weight is 232 g/mol. The van der Waals surface area contributed by atoms with Crippen LogP contribution >= 0.6 is 12.4 Å². The number of carboxylic acid groups (broad SMARTS) is 1. The minimum Gasteiger partial charge on any atom is -0.508 e. The third-order valence-corrected chi connectivity index (χ3v) is 2.05. The van der Waals surface area contributed by atoms with Gasteiger partial charge in [-0.1, -0.05) is 12.1 Å². The van der Waals surface area contributed by atoms with E-state index in [0.717, 1.165) is 5.56 Å². The van der Waals surface area contributed by atoms with Gasteiger partial charge in [-0.15, -0.1) is 12.4 Å². The van der Waals surface area contributed by atoms with Gasteiger partial charge in [-0.3, -0.25) is 4.79 Å². The van der Waals surface area contributed by atoms with Crippen molar-refractivity contribution in [3.05, 3.63) is 29.8 Å². The van der Waals surface area contributed by atoms with Crippen LogP contribution in [0.5, 0.6) is 5.75 Å².